The van der Waals surface area contributed by atoms with Crippen LogP contribution in [0.1, 0.15) is 58.7 Å². The number of esters is 1. The van der Waals surface area contributed by atoms with Gasteiger partial charge in [0.1, 0.15) is 5.75 Å². The van der Waals surface area contributed by atoms with Crippen LogP contribution in [-0.4, -0.2) is 50.6 Å². The minimum Gasteiger partial charge on any atom is -0.496 e. The molecule has 2 aromatic carbocycles. The number of nitrogens with zero attached hydrogens (tertiary/aromatic N) is 3. The van der Waals surface area contributed by atoms with Crippen molar-refractivity contribution in [1.82, 2.24) is 4.57 Å². The van der Waals surface area contributed by atoms with Crippen LogP contribution in [0.3, 0.4) is 0 Å². The van der Waals surface area contributed by atoms with Crippen molar-refractivity contribution in [2.24, 2.45) is 4.99 Å². The molecule has 0 bridgehead atoms. The molecule has 0 saturated carbocycles. The van der Waals surface area contributed by atoms with Crippen LogP contribution in [-0.2, 0) is 9.53 Å². The van der Waals surface area contributed by atoms with E-state index in [0.29, 0.717) is 56.6 Å². The van der Waals surface area contributed by atoms with Gasteiger partial charge in [-0.2, -0.15) is 0 Å². The first kappa shape index (κ1) is 30.9. The number of hydrogen-bond donors (Lipinski definition) is 0. The topological polar surface area (TPSA) is 91.6 Å². The van der Waals surface area contributed by atoms with Crippen LogP contribution in [0.2, 0.25) is 0 Å². The van der Waals surface area contributed by atoms with Gasteiger partial charge in [-0.05, 0) is 77.4 Å². The number of ether oxygens (including phenoxy) is 4. The Morgan fingerprint density at radius 3 is 2.33 bits per heavy atom. The van der Waals surface area contributed by atoms with Gasteiger partial charge >= 0.3 is 5.97 Å². The lowest BCUT2D eigenvalue weighted by molar-refractivity contribution is -0.139. The second-order valence-corrected chi connectivity index (χ2v) is 10.5. The quantitative estimate of drug-likeness (QED) is 0.287. The van der Waals surface area contributed by atoms with Crippen molar-refractivity contribution < 1.29 is 23.7 Å². The van der Waals surface area contributed by atoms with Gasteiger partial charge in [0.25, 0.3) is 5.56 Å². The van der Waals surface area contributed by atoms with Crippen molar-refractivity contribution in [2.45, 2.75) is 47.6 Å². The van der Waals surface area contributed by atoms with Crippen LogP contribution in [0.4, 0.5) is 5.69 Å². The van der Waals surface area contributed by atoms with E-state index >= 15 is 0 Å². The van der Waals surface area contributed by atoms with Crippen LogP contribution in [0.25, 0.3) is 6.08 Å². The largest absolute Gasteiger partial charge is 0.496 e. The lowest BCUT2D eigenvalue weighted by atomic mass is 9.95. The molecule has 0 radical (unpaired) electrons. The summed E-state index contributed by atoms with van der Waals surface area (Å²) in [6, 6.07) is 10.7. The van der Waals surface area contributed by atoms with E-state index in [2.05, 4.69) is 23.7 Å². The molecule has 0 spiro atoms. The summed E-state index contributed by atoms with van der Waals surface area (Å²) in [6.07, 6.45) is 1.82. The van der Waals surface area contributed by atoms with Gasteiger partial charge in [-0.3, -0.25) is 9.36 Å². The molecule has 0 N–H and O–H groups in total. The molecule has 2 heterocycles. The van der Waals surface area contributed by atoms with E-state index in [-0.39, 0.29) is 12.2 Å². The zero-order chi connectivity index (χ0) is 30.4. The molecule has 1 aliphatic heterocycles. The highest BCUT2D eigenvalue weighted by Gasteiger charge is 2.34. The van der Waals surface area contributed by atoms with E-state index in [4.69, 9.17) is 18.9 Å². The Labute approximate surface area is 250 Å². The molecule has 9 nitrogen and oxygen atoms in total. The third-order valence-corrected chi connectivity index (χ3v) is 8.02. The SMILES string of the molecule is CCOC(=O)C1=C(C)N=c2s/c(=C\c3ccc(N(CC)CC)cc3OC)c(=O)n2C1c1ccc(OCC)c(OCC)c1. The molecule has 3 aromatic rings. The summed E-state index contributed by atoms with van der Waals surface area (Å²) in [4.78, 5) is 34.8. The fourth-order valence-corrected chi connectivity index (χ4v) is 6.13. The van der Waals surface area contributed by atoms with Gasteiger partial charge in [0.15, 0.2) is 16.3 Å². The van der Waals surface area contributed by atoms with Gasteiger partial charge < -0.3 is 23.8 Å². The van der Waals surface area contributed by atoms with Gasteiger partial charge in [-0.1, -0.05) is 17.4 Å². The highest BCUT2D eigenvalue weighted by Crippen LogP contribution is 2.36. The summed E-state index contributed by atoms with van der Waals surface area (Å²) in [5.74, 6) is 1.28. The summed E-state index contributed by atoms with van der Waals surface area (Å²) in [5.41, 5.74) is 3.05. The molecule has 1 unspecified atom stereocenters. The van der Waals surface area contributed by atoms with Crippen LogP contribution in [0.15, 0.2) is 57.5 Å². The fraction of sp³-hybridized carbons (Fsp3) is 0.406. The Morgan fingerprint density at radius 2 is 1.69 bits per heavy atom. The number of benzene rings is 2. The lowest BCUT2D eigenvalue weighted by Crippen LogP contribution is -2.40. The summed E-state index contributed by atoms with van der Waals surface area (Å²) in [7, 11) is 1.62. The molecule has 1 aromatic heterocycles. The Balaban J connectivity index is 1.92. The highest BCUT2D eigenvalue weighted by atomic mass is 32.1. The summed E-state index contributed by atoms with van der Waals surface area (Å²) in [5, 5.41) is 0. The van der Waals surface area contributed by atoms with Crippen molar-refractivity contribution >= 4 is 29.1 Å². The molecule has 42 heavy (non-hydrogen) atoms. The number of rotatable bonds is 12. The normalized spacial score (nSPS) is 14.7. The molecule has 224 valence electrons. The fourth-order valence-electron chi connectivity index (χ4n) is 5.09. The highest BCUT2D eigenvalue weighted by molar-refractivity contribution is 7.07. The number of carbonyl (C=O) groups is 1. The summed E-state index contributed by atoms with van der Waals surface area (Å²) >= 11 is 1.27. The average molecular weight is 594 g/mol. The molecule has 0 saturated heterocycles. The maximum atomic E-state index is 14.1. The van der Waals surface area contributed by atoms with Gasteiger partial charge in [-0.15, -0.1) is 0 Å². The van der Waals surface area contributed by atoms with Gasteiger partial charge in [-0.25, -0.2) is 9.79 Å². The minimum atomic E-state index is -0.760. The predicted octanol–water partition coefficient (Wildman–Crippen LogP) is 4.45. The molecular formula is C32H39N3O6S. The maximum Gasteiger partial charge on any atom is 0.338 e. The number of anilines is 1. The van der Waals surface area contributed by atoms with Crippen molar-refractivity contribution in [3.63, 3.8) is 0 Å². The molecule has 0 amide bonds. The second-order valence-electron chi connectivity index (χ2n) is 9.47. The Kier molecular flexibility index (Phi) is 10.1. The predicted molar refractivity (Wildman–Crippen MR) is 166 cm³/mol. The first-order chi connectivity index (χ1) is 20.3. The van der Waals surface area contributed by atoms with Crippen molar-refractivity contribution in [2.75, 3.05) is 44.9 Å². The number of thiazole rings is 1. The average Bonchev–Trinajstić information content (AvgIpc) is 3.28. The zero-order valence-corrected chi connectivity index (χ0v) is 26.2. The second kappa shape index (κ2) is 13.7. The molecule has 10 heteroatoms. The number of methoxy groups -OCH3 is 1. The van der Waals surface area contributed by atoms with E-state index in [1.165, 1.54) is 11.3 Å². The van der Waals surface area contributed by atoms with Crippen LogP contribution in [0, 0.1) is 0 Å². The first-order valence-electron chi connectivity index (χ1n) is 14.3. The minimum absolute atomic E-state index is 0.198. The van der Waals surface area contributed by atoms with Crippen LogP contribution < -0.4 is 34.0 Å². The van der Waals surface area contributed by atoms with Crippen molar-refractivity contribution in [3.05, 3.63) is 78.5 Å². The van der Waals surface area contributed by atoms with E-state index in [1.807, 2.05) is 50.3 Å². The number of hydrogen-bond acceptors (Lipinski definition) is 9. The van der Waals surface area contributed by atoms with Gasteiger partial charge in [0, 0.05) is 30.4 Å². The Hall–Kier alpha value is -4.05. The number of carbonyl (C=O) groups excluding carboxylic acids is 1. The lowest BCUT2D eigenvalue weighted by Gasteiger charge is -2.25. The van der Waals surface area contributed by atoms with Crippen molar-refractivity contribution in [1.29, 1.82) is 0 Å². The van der Waals surface area contributed by atoms with E-state index < -0.39 is 12.0 Å². The first-order valence-corrected chi connectivity index (χ1v) is 15.1. The van der Waals surface area contributed by atoms with Crippen LogP contribution in [0.5, 0.6) is 17.2 Å². The van der Waals surface area contributed by atoms with Crippen molar-refractivity contribution in [3.8, 4) is 17.2 Å². The molecule has 1 atom stereocenters. The number of fused-ring (bicyclic) bond motifs is 1. The molecule has 0 fully saturated rings. The standard InChI is InChI=1S/C32H39N3O6S/c1-8-34(9-2)23-15-13-21(25(19-23)38-7)18-27-30(36)35-29(22-14-16-24(39-10-3)26(17-22)40-11-4)28(31(37)41-12-5)20(6)33-32(35)42-27/h13-19,29H,8-12H2,1-7H3/b27-18-. The van der Waals surface area contributed by atoms with Crippen LogP contribution >= 0.6 is 11.3 Å². The molecule has 0 aliphatic carbocycles. The van der Waals surface area contributed by atoms with Gasteiger partial charge in [0.2, 0.25) is 0 Å². The smallest absolute Gasteiger partial charge is 0.338 e. The molecular weight excluding hydrogens is 554 g/mol. The molecule has 1 aliphatic rings. The Morgan fingerprint density at radius 1 is 0.976 bits per heavy atom. The number of aromatic nitrogens is 1. The molecule has 4 rings (SSSR count). The van der Waals surface area contributed by atoms with E-state index in [1.54, 1.807) is 31.6 Å². The Bertz CT molecular complexity index is 1650. The third kappa shape index (κ3) is 6.09. The third-order valence-electron chi connectivity index (χ3n) is 7.03. The maximum absolute atomic E-state index is 14.1. The number of allylic oxidation sites excluding steroid dienone is 1. The zero-order valence-electron chi connectivity index (χ0n) is 25.4. The van der Waals surface area contributed by atoms with E-state index in [9.17, 15) is 9.59 Å². The monoisotopic (exact) mass is 593 g/mol. The van der Waals surface area contributed by atoms with E-state index in [0.717, 1.165) is 24.3 Å². The van der Waals surface area contributed by atoms with Gasteiger partial charge in [0.05, 0.1) is 48.8 Å². The summed E-state index contributed by atoms with van der Waals surface area (Å²) < 4.78 is 24.8. The summed E-state index contributed by atoms with van der Waals surface area (Å²) in [6.45, 7) is 14.4.